The van der Waals surface area contributed by atoms with Gasteiger partial charge >= 0.3 is 5.97 Å². The molecule has 3 N–H and O–H groups in total. The fourth-order valence-electron chi connectivity index (χ4n) is 2.41. The minimum absolute atomic E-state index is 0.0542. The Morgan fingerprint density at radius 2 is 2.23 bits per heavy atom. The smallest absolute Gasteiger partial charge is 0.337 e. The van der Waals surface area contributed by atoms with Gasteiger partial charge in [0.25, 0.3) is 0 Å². The summed E-state index contributed by atoms with van der Waals surface area (Å²) in [7, 11) is 1.53. The Bertz CT molecular complexity index is 602. The molecule has 1 aliphatic rings. The van der Waals surface area contributed by atoms with Crippen LogP contribution in [0.15, 0.2) is 12.3 Å². The van der Waals surface area contributed by atoms with Gasteiger partial charge in [0.05, 0.1) is 23.4 Å². The maximum absolute atomic E-state index is 12.2. The van der Waals surface area contributed by atoms with Crippen molar-refractivity contribution in [3.63, 3.8) is 0 Å². The largest absolute Gasteiger partial charge is 0.478 e. The Kier molecular flexibility index (Phi) is 4.48. The van der Waals surface area contributed by atoms with E-state index < -0.39 is 17.7 Å². The highest BCUT2D eigenvalue weighted by Crippen LogP contribution is 2.28. The lowest BCUT2D eigenvalue weighted by atomic mass is 9.89. The van der Waals surface area contributed by atoms with Crippen LogP contribution in [0.3, 0.4) is 0 Å². The Balaban J connectivity index is 2.37. The summed E-state index contributed by atoms with van der Waals surface area (Å²) >= 11 is 0. The molecule has 0 bridgehead atoms. The highest BCUT2D eigenvalue weighted by Gasteiger charge is 2.46. The zero-order valence-electron chi connectivity index (χ0n) is 13.1. The van der Waals surface area contributed by atoms with Gasteiger partial charge in [0.1, 0.15) is 6.17 Å². The summed E-state index contributed by atoms with van der Waals surface area (Å²) < 4.78 is 4.99. The molecule has 1 amide bonds. The number of aromatic nitrogens is 1. The highest BCUT2D eigenvalue weighted by atomic mass is 16.5. The Morgan fingerprint density at radius 3 is 2.73 bits per heavy atom. The molecular formula is C15H21N3O4. The van der Waals surface area contributed by atoms with Gasteiger partial charge in [-0.2, -0.15) is 0 Å². The average Bonchev–Trinajstić information content (AvgIpc) is 2.76. The Labute approximate surface area is 129 Å². The minimum Gasteiger partial charge on any atom is -0.478 e. The Morgan fingerprint density at radius 1 is 1.55 bits per heavy atom. The fourth-order valence-corrected chi connectivity index (χ4v) is 2.41. The van der Waals surface area contributed by atoms with Crippen molar-refractivity contribution in [2.45, 2.75) is 39.1 Å². The number of pyridine rings is 1. The van der Waals surface area contributed by atoms with Crippen molar-refractivity contribution in [2.75, 3.05) is 7.11 Å². The zero-order valence-corrected chi connectivity index (χ0v) is 13.1. The monoisotopic (exact) mass is 307 g/mol. The molecule has 0 aromatic carbocycles. The van der Waals surface area contributed by atoms with Gasteiger partial charge in [-0.1, -0.05) is 13.8 Å². The van der Waals surface area contributed by atoms with Gasteiger partial charge in [0.15, 0.2) is 0 Å². The standard InChI is InChI=1S/C15H21N3O4/c1-8(2)15(3)14(21)17-12(18-15)11-10(13(19)20)5-9(6-16-11)7-22-4/h5-6,8,12,18H,7H2,1-4H3,(H,17,21)(H,19,20). The third kappa shape index (κ3) is 2.82. The SMILES string of the molecule is COCc1cnc(C2NC(=O)C(C)(C(C)C)N2)c(C(=O)O)c1. The van der Waals surface area contributed by atoms with Crippen LogP contribution in [0.4, 0.5) is 0 Å². The molecule has 0 spiro atoms. The topological polar surface area (TPSA) is 101 Å². The number of methoxy groups -OCH3 is 1. The second kappa shape index (κ2) is 6.02. The maximum Gasteiger partial charge on any atom is 0.337 e. The average molecular weight is 307 g/mol. The maximum atomic E-state index is 12.2. The first kappa shape index (κ1) is 16.4. The number of ether oxygens (including phenoxy) is 1. The second-order valence-electron chi connectivity index (χ2n) is 5.92. The van der Waals surface area contributed by atoms with Gasteiger partial charge < -0.3 is 15.2 Å². The third-order valence-electron chi connectivity index (χ3n) is 4.14. The summed E-state index contributed by atoms with van der Waals surface area (Å²) in [5.74, 6) is -1.19. The minimum atomic E-state index is -1.09. The molecule has 2 atom stereocenters. The van der Waals surface area contributed by atoms with Gasteiger partial charge in [-0.3, -0.25) is 15.1 Å². The van der Waals surface area contributed by atoms with Crippen molar-refractivity contribution in [2.24, 2.45) is 5.92 Å². The van der Waals surface area contributed by atoms with Crippen LogP contribution < -0.4 is 10.6 Å². The van der Waals surface area contributed by atoms with E-state index in [1.54, 1.807) is 13.1 Å². The number of aromatic carboxylic acids is 1. The van der Waals surface area contributed by atoms with Crippen LogP contribution in [-0.4, -0.2) is 34.6 Å². The van der Waals surface area contributed by atoms with E-state index in [0.717, 1.165) is 0 Å². The van der Waals surface area contributed by atoms with E-state index in [1.165, 1.54) is 13.2 Å². The number of carbonyl (C=O) groups excluding carboxylic acids is 1. The Hall–Kier alpha value is -1.99. The summed E-state index contributed by atoms with van der Waals surface area (Å²) in [5.41, 5.74) is 0.262. The van der Waals surface area contributed by atoms with E-state index >= 15 is 0 Å². The van der Waals surface area contributed by atoms with Crippen molar-refractivity contribution < 1.29 is 19.4 Å². The van der Waals surface area contributed by atoms with E-state index in [-0.39, 0.29) is 24.0 Å². The van der Waals surface area contributed by atoms with Crippen molar-refractivity contribution in [3.05, 3.63) is 29.1 Å². The summed E-state index contributed by atoms with van der Waals surface area (Å²) in [6, 6.07) is 1.52. The van der Waals surface area contributed by atoms with Gasteiger partial charge in [0, 0.05) is 13.3 Å². The van der Waals surface area contributed by atoms with Crippen molar-refractivity contribution in [1.29, 1.82) is 0 Å². The molecule has 0 saturated carbocycles. The first-order valence-corrected chi connectivity index (χ1v) is 7.09. The molecule has 1 aromatic heterocycles. The summed E-state index contributed by atoms with van der Waals surface area (Å²) in [5, 5.41) is 15.3. The predicted molar refractivity (Wildman–Crippen MR) is 79.2 cm³/mol. The second-order valence-corrected chi connectivity index (χ2v) is 5.92. The van der Waals surface area contributed by atoms with Crippen LogP contribution in [-0.2, 0) is 16.1 Å². The number of hydrogen-bond acceptors (Lipinski definition) is 5. The molecule has 1 aliphatic heterocycles. The quantitative estimate of drug-likeness (QED) is 0.752. The van der Waals surface area contributed by atoms with Crippen LogP contribution in [0.2, 0.25) is 0 Å². The number of nitrogens with one attached hydrogen (secondary N) is 2. The van der Waals surface area contributed by atoms with E-state index in [1.807, 2.05) is 13.8 Å². The van der Waals surface area contributed by atoms with E-state index in [0.29, 0.717) is 11.3 Å². The number of amides is 1. The van der Waals surface area contributed by atoms with Crippen LogP contribution in [0.1, 0.15) is 48.6 Å². The lowest BCUT2D eigenvalue weighted by molar-refractivity contribution is -0.125. The van der Waals surface area contributed by atoms with Crippen LogP contribution >= 0.6 is 0 Å². The molecule has 2 unspecified atom stereocenters. The van der Waals surface area contributed by atoms with E-state index in [9.17, 15) is 14.7 Å². The van der Waals surface area contributed by atoms with Crippen LogP contribution in [0.5, 0.6) is 0 Å². The molecule has 7 nitrogen and oxygen atoms in total. The van der Waals surface area contributed by atoms with E-state index in [2.05, 4.69) is 15.6 Å². The highest BCUT2D eigenvalue weighted by molar-refractivity contribution is 5.91. The first-order valence-electron chi connectivity index (χ1n) is 7.09. The lowest BCUT2D eigenvalue weighted by Crippen LogP contribution is -2.48. The third-order valence-corrected chi connectivity index (χ3v) is 4.14. The molecule has 1 fully saturated rings. The molecule has 1 saturated heterocycles. The molecule has 7 heteroatoms. The van der Waals surface area contributed by atoms with Gasteiger partial charge in [-0.15, -0.1) is 0 Å². The zero-order chi connectivity index (χ0) is 16.5. The van der Waals surface area contributed by atoms with Crippen molar-refractivity contribution >= 4 is 11.9 Å². The fraction of sp³-hybridized carbons (Fsp3) is 0.533. The molecular weight excluding hydrogens is 286 g/mol. The first-order chi connectivity index (χ1) is 10.3. The lowest BCUT2D eigenvalue weighted by Gasteiger charge is -2.26. The molecule has 120 valence electrons. The van der Waals surface area contributed by atoms with Crippen LogP contribution in [0, 0.1) is 5.92 Å². The number of hydrogen-bond donors (Lipinski definition) is 3. The number of nitrogens with zero attached hydrogens (tertiary/aromatic N) is 1. The van der Waals surface area contributed by atoms with Gasteiger partial charge in [-0.05, 0) is 24.5 Å². The molecule has 22 heavy (non-hydrogen) atoms. The van der Waals surface area contributed by atoms with Crippen molar-refractivity contribution in [1.82, 2.24) is 15.6 Å². The van der Waals surface area contributed by atoms with Gasteiger partial charge in [-0.25, -0.2) is 4.79 Å². The molecule has 1 aromatic rings. The summed E-state index contributed by atoms with van der Waals surface area (Å²) in [6.45, 7) is 5.94. The number of carboxylic acid groups (broad SMARTS) is 1. The molecule has 2 heterocycles. The molecule has 2 rings (SSSR count). The number of rotatable bonds is 5. The summed E-state index contributed by atoms with van der Waals surface area (Å²) in [4.78, 5) is 27.9. The number of carboxylic acids is 1. The van der Waals surface area contributed by atoms with Gasteiger partial charge in [0.2, 0.25) is 5.91 Å². The van der Waals surface area contributed by atoms with E-state index in [4.69, 9.17) is 4.74 Å². The molecule has 0 aliphatic carbocycles. The number of carbonyl (C=O) groups is 2. The van der Waals surface area contributed by atoms with Crippen molar-refractivity contribution in [3.8, 4) is 0 Å². The normalized spacial score (nSPS) is 24.6. The molecule has 0 radical (unpaired) electrons. The van der Waals surface area contributed by atoms with Crippen LogP contribution in [0.25, 0.3) is 0 Å². The summed E-state index contributed by atoms with van der Waals surface area (Å²) in [6.07, 6.45) is 0.937. The predicted octanol–water partition coefficient (Wildman–Crippen LogP) is 1.06.